The molecule has 1 fully saturated rings. The molecule has 0 aromatic carbocycles. The van der Waals surface area contributed by atoms with Crippen molar-refractivity contribution >= 4 is 16.9 Å². The summed E-state index contributed by atoms with van der Waals surface area (Å²) in [5.41, 5.74) is 6.56. The third kappa shape index (κ3) is 2.45. The van der Waals surface area contributed by atoms with E-state index in [2.05, 4.69) is 21.8 Å². The van der Waals surface area contributed by atoms with Gasteiger partial charge in [-0.25, -0.2) is 9.97 Å². The van der Waals surface area contributed by atoms with Crippen molar-refractivity contribution in [2.75, 3.05) is 25.9 Å². The average Bonchev–Trinajstić information content (AvgIpc) is 3.05. The van der Waals surface area contributed by atoms with Gasteiger partial charge < -0.3 is 25.4 Å². The Morgan fingerprint density at radius 3 is 2.86 bits per heavy atom. The second-order valence-electron chi connectivity index (χ2n) is 6.12. The van der Waals surface area contributed by atoms with Gasteiger partial charge in [0, 0.05) is 18.7 Å². The molecule has 22 heavy (non-hydrogen) atoms. The summed E-state index contributed by atoms with van der Waals surface area (Å²) in [4.78, 5) is 10.4. The van der Waals surface area contributed by atoms with E-state index in [1.807, 2.05) is 23.9 Å². The number of hydrogen-bond acceptors (Lipinski definition) is 6. The van der Waals surface area contributed by atoms with E-state index in [-0.39, 0.29) is 12.0 Å². The van der Waals surface area contributed by atoms with E-state index < -0.39 is 12.2 Å². The first-order chi connectivity index (χ1) is 10.5. The van der Waals surface area contributed by atoms with E-state index in [1.165, 1.54) is 6.33 Å². The summed E-state index contributed by atoms with van der Waals surface area (Å²) in [7, 11) is 2.02. The fraction of sp³-hybridized carbons (Fsp3) is 0.600. The molecule has 2 aromatic heterocycles. The quantitative estimate of drug-likeness (QED) is 0.748. The minimum Gasteiger partial charge on any atom is -0.390 e. The summed E-state index contributed by atoms with van der Waals surface area (Å²) < 4.78 is 1.91. The van der Waals surface area contributed by atoms with Crippen LogP contribution < -0.4 is 5.73 Å². The fourth-order valence-corrected chi connectivity index (χ4v) is 3.34. The van der Waals surface area contributed by atoms with Gasteiger partial charge in [0.1, 0.15) is 23.9 Å². The molecule has 3 rings (SSSR count). The van der Waals surface area contributed by atoms with Crippen LogP contribution in [0.5, 0.6) is 0 Å². The number of aliphatic hydroxyl groups excluding tert-OH is 2. The molecule has 2 heterocycles. The standard InChI is InChI=1S/C15H23N5O2/c1-3-19(2)7-9-6-11(13(22)12(9)21)20-5-4-10-14(16)17-8-18-15(10)20/h4-5,8-9,11-13,21-22H,3,6-7H2,1-2H3,(H2,16,17,18). The van der Waals surface area contributed by atoms with E-state index in [0.717, 1.165) is 18.5 Å². The van der Waals surface area contributed by atoms with Crippen LogP contribution in [-0.4, -0.2) is 62.0 Å². The van der Waals surface area contributed by atoms with Crippen molar-refractivity contribution in [1.29, 1.82) is 0 Å². The number of fused-ring (bicyclic) bond motifs is 1. The van der Waals surface area contributed by atoms with Crippen LogP contribution in [0, 0.1) is 5.92 Å². The van der Waals surface area contributed by atoms with Crippen LogP contribution in [0.2, 0.25) is 0 Å². The predicted octanol–water partition coefficient (Wildman–Crippen LogP) is 0.248. The molecule has 0 bridgehead atoms. The fourth-order valence-electron chi connectivity index (χ4n) is 3.34. The summed E-state index contributed by atoms with van der Waals surface area (Å²) >= 11 is 0. The first kappa shape index (κ1) is 15.2. The molecule has 0 spiro atoms. The van der Waals surface area contributed by atoms with Gasteiger partial charge in [0.05, 0.1) is 17.5 Å². The number of nitrogens with zero attached hydrogens (tertiary/aromatic N) is 4. The van der Waals surface area contributed by atoms with Gasteiger partial charge in [-0.1, -0.05) is 6.92 Å². The molecule has 0 aliphatic heterocycles. The zero-order valence-corrected chi connectivity index (χ0v) is 12.9. The van der Waals surface area contributed by atoms with Crippen LogP contribution in [0.25, 0.3) is 11.0 Å². The molecule has 1 saturated carbocycles. The lowest BCUT2D eigenvalue weighted by molar-refractivity contribution is 0.00196. The van der Waals surface area contributed by atoms with Gasteiger partial charge >= 0.3 is 0 Å². The molecule has 4 atom stereocenters. The number of rotatable bonds is 4. The Bertz CT molecular complexity index is 658. The topological polar surface area (TPSA) is 100 Å². The molecule has 4 unspecified atom stereocenters. The summed E-state index contributed by atoms with van der Waals surface area (Å²) in [5, 5.41) is 21.6. The van der Waals surface area contributed by atoms with E-state index in [0.29, 0.717) is 17.9 Å². The van der Waals surface area contributed by atoms with Gasteiger partial charge in [-0.2, -0.15) is 0 Å². The van der Waals surface area contributed by atoms with Crippen molar-refractivity contribution in [2.45, 2.75) is 31.6 Å². The van der Waals surface area contributed by atoms with Crippen LogP contribution in [-0.2, 0) is 0 Å². The highest BCUT2D eigenvalue weighted by molar-refractivity contribution is 5.86. The number of nitrogens with two attached hydrogens (primary N) is 1. The van der Waals surface area contributed by atoms with Crippen molar-refractivity contribution in [1.82, 2.24) is 19.4 Å². The monoisotopic (exact) mass is 305 g/mol. The maximum Gasteiger partial charge on any atom is 0.145 e. The third-order valence-corrected chi connectivity index (χ3v) is 4.75. The molecule has 1 aliphatic rings. The maximum atomic E-state index is 10.5. The molecule has 0 radical (unpaired) electrons. The second kappa shape index (κ2) is 5.83. The molecule has 0 saturated heterocycles. The number of aliphatic hydroxyl groups is 2. The number of nitrogen functional groups attached to an aromatic ring is 1. The minimum absolute atomic E-state index is 0.0431. The van der Waals surface area contributed by atoms with Gasteiger partial charge in [-0.05, 0) is 26.1 Å². The second-order valence-corrected chi connectivity index (χ2v) is 6.12. The highest BCUT2D eigenvalue weighted by Crippen LogP contribution is 2.37. The minimum atomic E-state index is -0.804. The van der Waals surface area contributed by atoms with Crippen LogP contribution in [0.15, 0.2) is 18.6 Å². The molecule has 7 heteroatoms. The highest BCUT2D eigenvalue weighted by atomic mass is 16.3. The van der Waals surface area contributed by atoms with E-state index in [1.54, 1.807) is 0 Å². The Balaban J connectivity index is 1.89. The Labute approximate surface area is 129 Å². The van der Waals surface area contributed by atoms with E-state index in [9.17, 15) is 10.2 Å². The van der Waals surface area contributed by atoms with E-state index >= 15 is 0 Å². The lowest BCUT2D eigenvalue weighted by Gasteiger charge is -2.21. The van der Waals surface area contributed by atoms with Crippen LogP contribution in [0.3, 0.4) is 0 Å². The molecular formula is C15H23N5O2. The SMILES string of the molecule is CCN(C)CC1CC(n2ccc3c(N)ncnc32)C(O)C1O. The van der Waals surface area contributed by atoms with Crippen molar-refractivity contribution in [3.63, 3.8) is 0 Å². The zero-order valence-electron chi connectivity index (χ0n) is 12.9. The lowest BCUT2D eigenvalue weighted by Crippen LogP contribution is -2.34. The third-order valence-electron chi connectivity index (χ3n) is 4.75. The Hall–Kier alpha value is -1.70. The van der Waals surface area contributed by atoms with E-state index in [4.69, 9.17) is 5.73 Å². The summed E-state index contributed by atoms with van der Waals surface area (Å²) in [6, 6.07) is 1.66. The molecule has 120 valence electrons. The summed E-state index contributed by atoms with van der Waals surface area (Å²) in [6.07, 6.45) is 2.47. The van der Waals surface area contributed by atoms with Gasteiger partial charge in [-0.15, -0.1) is 0 Å². The smallest absolute Gasteiger partial charge is 0.145 e. The predicted molar refractivity (Wildman–Crippen MR) is 84.3 cm³/mol. The molecule has 1 aliphatic carbocycles. The van der Waals surface area contributed by atoms with Crippen molar-refractivity contribution < 1.29 is 10.2 Å². The average molecular weight is 305 g/mol. The van der Waals surface area contributed by atoms with Gasteiger partial charge in [0.25, 0.3) is 0 Å². The molecule has 4 N–H and O–H groups in total. The summed E-state index contributed by atoms with van der Waals surface area (Å²) in [6.45, 7) is 3.76. The number of anilines is 1. The summed E-state index contributed by atoms with van der Waals surface area (Å²) in [5.74, 6) is 0.473. The van der Waals surface area contributed by atoms with Gasteiger partial charge in [0.2, 0.25) is 0 Å². The van der Waals surface area contributed by atoms with Crippen molar-refractivity contribution in [3.05, 3.63) is 18.6 Å². The van der Waals surface area contributed by atoms with Crippen LogP contribution in [0.4, 0.5) is 5.82 Å². The Kier molecular flexibility index (Phi) is 4.03. The molecular weight excluding hydrogens is 282 g/mol. The van der Waals surface area contributed by atoms with Crippen molar-refractivity contribution in [3.8, 4) is 0 Å². The molecule has 0 amide bonds. The van der Waals surface area contributed by atoms with Crippen LogP contribution in [0.1, 0.15) is 19.4 Å². The Morgan fingerprint density at radius 1 is 1.36 bits per heavy atom. The Morgan fingerprint density at radius 2 is 2.14 bits per heavy atom. The first-order valence-electron chi connectivity index (χ1n) is 7.64. The zero-order chi connectivity index (χ0) is 15.9. The van der Waals surface area contributed by atoms with Gasteiger partial charge in [-0.3, -0.25) is 0 Å². The van der Waals surface area contributed by atoms with Gasteiger partial charge in [0.15, 0.2) is 0 Å². The lowest BCUT2D eigenvalue weighted by atomic mass is 10.1. The number of hydrogen-bond donors (Lipinski definition) is 3. The highest BCUT2D eigenvalue weighted by Gasteiger charge is 2.42. The largest absolute Gasteiger partial charge is 0.390 e. The number of aromatic nitrogens is 3. The van der Waals surface area contributed by atoms with Crippen molar-refractivity contribution in [2.24, 2.45) is 5.92 Å². The maximum absolute atomic E-state index is 10.5. The first-order valence-corrected chi connectivity index (χ1v) is 7.64. The normalized spacial score (nSPS) is 28.8. The van der Waals surface area contributed by atoms with Crippen LogP contribution >= 0.6 is 0 Å². The molecule has 2 aromatic rings. The molecule has 7 nitrogen and oxygen atoms in total.